The zero-order valence-electron chi connectivity index (χ0n) is 36.4. The number of ether oxygens (including phenoxy) is 4. The van der Waals surface area contributed by atoms with Crippen molar-refractivity contribution in [1.82, 2.24) is 9.88 Å². The van der Waals surface area contributed by atoms with E-state index in [-0.39, 0.29) is 56.5 Å². The van der Waals surface area contributed by atoms with Gasteiger partial charge in [0.1, 0.15) is 12.8 Å². The number of rotatable bonds is 13. The van der Waals surface area contributed by atoms with E-state index in [0.717, 1.165) is 28.0 Å². The van der Waals surface area contributed by atoms with Gasteiger partial charge in [-0.1, -0.05) is 55.5 Å². The van der Waals surface area contributed by atoms with Crippen molar-refractivity contribution in [3.63, 3.8) is 0 Å². The van der Waals surface area contributed by atoms with Gasteiger partial charge in [0.25, 0.3) is 0 Å². The maximum Gasteiger partial charge on any atom is 0.306 e. The molecular weight excluding hydrogens is 815 g/mol. The molecule has 2 aromatic carbocycles. The van der Waals surface area contributed by atoms with E-state index in [1.54, 1.807) is 45.3 Å². The average Bonchev–Trinajstić information content (AvgIpc) is 3.65. The van der Waals surface area contributed by atoms with Crippen LogP contribution < -0.4 is 0 Å². The molecule has 0 spiro atoms. The van der Waals surface area contributed by atoms with Gasteiger partial charge in [-0.3, -0.25) is 33.9 Å². The number of halogens is 2. The number of nitrogens with zero attached hydrogens (tertiary/aromatic N) is 2. The van der Waals surface area contributed by atoms with Gasteiger partial charge in [0.2, 0.25) is 5.78 Å². The summed E-state index contributed by atoms with van der Waals surface area (Å²) in [5.41, 5.74) is -4.64. The number of allylic oxidation sites excluding steroid dienone is 4. The van der Waals surface area contributed by atoms with Gasteiger partial charge in [0, 0.05) is 40.9 Å². The molecule has 8 rings (SSSR count). The number of likely N-dealkylation sites (N-methyl/N-ethyl adjacent to an activating group) is 1. The third kappa shape index (κ3) is 7.46. The standard InChI is InChI=1S/C49H54F2N2O10/c1-45(2)62-41-23-34-35-22-37(50)36-21-33(54)15-17-46(36,3)48(35,51)39(56)24-47(34,4)49(41,63-45)40(57)27-61-43(59)14-13-42(58)60-26-28-7-10-30(11-8-28)44(53(5)6)38(55)20-29-9-12-32-25-52-18-16-31(32)19-29/h7-12,15-19,21,25,34-35,37,39,41,44,56H,13-14,20,22-24,26-27H2,1-6H3/t34-,35-,37-,39-,41+,44+,46-,47-,48-,49+/m0/s1. The summed E-state index contributed by atoms with van der Waals surface area (Å²) >= 11 is 0. The molecule has 14 heteroatoms. The molecule has 1 saturated heterocycles. The molecule has 4 fully saturated rings. The molecule has 0 unspecified atom stereocenters. The molecule has 0 amide bonds. The van der Waals surface area contributed by atoms with Gasteiger partial charge in [-0.25, -0.2) is 8.78 Å². The van der Waals surface area contributed by atoms with Crippen molar-refractivity contribution in [2.45, 2.75) is 114 Å². The number of ketones is 3. The van der Waals surface area contributed by atoms with Crippen molar-refractivity contribution in [2.24, 2.45) is 22.7 Å². The van der Waals surface area contributed by atoms with E-state index in [9.17, 15) is 29.1 Å². The predicted molar refractivity (Wildman–Crippen MR) is 225 cm³/mol. The molecule has 0 radical (unpaired) electrons. The van der Waals surface area contributed by atoms with Crippen LogP contribution >= 0.6 is 0 Å². The molecule has 2 heterocycles. The van der Waals surface area contributed by atoms with Crippen LogP contribution in [0.4, 0.5) is 8.78 Å². The number of esters is 2. The molecule has 3 aromatic rings. The quantitative estimate of drug-likeness (QED) is 0.189. The molecular formula is C49H54F2N2O10. The highest BCUT2D eigenvalue weighted by Crippen LogP contribution is 2.72. The number of carbonyl (C=O) groups is 5. The minimum Gasteiger partial charge on any atom is -0.461 e. The highest BCUT2D eigenvalue weighted by Gasteiger charge is 2.80. The van der Waals surface area contributed by atoms with Crippen LogP contribution in [-0.4, -0.2) is 100 Å². The highest BCUT2D eigenvalue weighted by molar-refractivity contribution is 6.01. The Labute approximate surface area is 365 Å². The number of Topliss-reactive ketones (excluding diaryl/α,β-unsaturated/α-hetero) is 2. The lowest BCUT2D eigenvalue weighted by molar-refractivity contribution is -0.249. The summed E-state index contributed by atoms with van der Waals surface area (Å²) in [5, 5.41) is 13.8. The minimum absolute atomic E-state index is 0.00543. The Hall–Kier alpha value is -5.02. The number of hydrogen-bond donors (Lipinski definition) is 1. The first-order valence-corrected chi connectivity index (χ1v) is 21.5. The summed E-state index contributed by atoms with van der Waals surface area (Å²) in [4.78, 5) is 71.8. The van der Waals surface area contributed by atoms with Crippen molar-refractivity contribution >= 4 is 40.1 Å². The normalized spacial score (nSPS) is 33.1. The number of hydrogen-bond acceptors (Lipinski definition) is 12. The first kappa shape index (κ1) is 44.6. The maximum absolute atomic E-state index is 17.7. The number of benzene rings is 2. The second-order valence-electron chi connectivity index (χ2n) is 19.0. The molecule has 12 nitrogen and oxygen atoms in total. The fourth-order valence-electron chi connectivity index (χ4n) is 11.7. The molecule has 1 N–H and O–H groups in total. The first-order chi connectivity index (χ1) is 29.7. The fourth-order valence-corrected chi connectivity index (χ4v) is 11.7. The second kappa shape index (κ2) is 16.2. The lowest BCUT2D eigenvalue weighted by Gasteiger charge is -2.63. The summed E-state index contributed by atoms with van der Waals surface area (Å²) in [5.74, 6) is -5.58. The van der Waals surface area contributed by atoms with Crippen LogP contribution in [0.3, 0.4) is 0 Å². The van der Waals surface area contributed by atoms with Crippen LogP contribution in [0.5, 0.6) is 0 Å². The molecule has 4 aliphatic carbocycles. The molecule has 0 bridgehead atoms. The third-order valence-electron chi connectivity index (χ3n) is 14.5. The first-order valence-electron chi connectivity index (χ1n) is 21.5. The average molecular weight is 869 g/mol. The van der Waals surface area contributed by atoms with E-state index >= 15 is 8.78 Å². The number of fused-ring (bicyclic) bond motifs is 8. The summed E-state index contributed by atoms with van der Waals surface area (Å²) in [7, 11) is 3.68. The van der Waals surface area contributed by atoms with E-state index in [1.165, 1.54) is 19.1 Å². The summed E-state index contributed by atoms with van der Waals surface area (Å²) in [6.07, 6.45) is 2.06. The molecule has 334 valence electrons. The molecule has 1 aliphatic heterocycles. The van der Waals surface area contributed by atoms with Crippen LogP contribution in [0.1, 0.15) is 82.5 Å². The SMILES string of the molecule is CN(C)[C@@H](C(=O)Cc1ccc2cnccc2c1)c1ccc(COC(=O)CCC(=O)OCC(=O)[C@@]23OC(C)(C)O[C@@H]2C[C@H]2[C@@H]4C[C@H](F)C5=CC(=O)C=C[C@]5(C)[C@@]4(F)[C@@H](O)C[C@@]23C)cc1. The number of aromatic nitrogens is 1. The van der Waals surface area contributed by atoms with Crippen LogP contribution in [0.25, 0.3) is 10.8 Å². The van der Waals surface area contributed by atoms with Crippen LogP contribution in [-0.2, 0) is 55.9 Å². The molecule has 10 atom stereocenters. The Balaban J connectivity index is 0.865. The Morgan fingerprint density at radius 3 is 2.35 bits per heavy atom. The molecule has 1 aromatic heterocycles. The van der Waals surface area contributed by atoms with Crippen molar-refractivity contribution in [1.29, 1.82) is 0 Å². The second-order valence-corrected chi connectivity index (χ2v) is 19.0. The molecule has 63 heavy (non-hydrogen) atoms. The number of aliphatic hydroxyl groups excluding tert-OH is 1. The van der Waals surface area contributed by atoms with Crippen molar-refractivity contribution in [3.05, 3.63) is 101 Å². The number of pyridine rings is 1. The largest absolute Gasteiger partial charge is 0.461 e. The summed E-state index contributed by atoms with van der Waals surface area (Å²) in [6, 6.07) is 14.5. The third-order valence-corrected chi connectivity index (χ3v) is 14.5. The Morgan fingerprint density at radius 1 is 0.937 bits per heavy atom. The number of aliphatic hydroxyl groups is 1. The Morgan fingerprint density at radius 2 is 1.63 bits per heavy atom. The molecule has 3 saturated carbocycles. The summed E-state index contributed by atoms with van der Waals surface area (Å²) < 4.78 is 57.3. The van der Waals surface area contributed by atoms with Crippen LogP contribution in [0, 0.1) is 22.7 Å². The van der Waals surface area contributed by atoms with E-state index < -0.39 is 94.3 Å². The predicted octanol–water partition coefficient (Wildman–Crippen LogP) is 6.40. The number of alkyl halides is 2. The van der Waals surface area contributed by atoms with Crippen molar-refractivity contribution < 1.29 is 56.8 Å². The van der Waals surface area contributed by atoms with Gasteiger partial charge in [-0.2, -0.15) is 0 Å². The molecule has 5 aliphatic rings. The van der Waals surface area contributed by atoms with Gasteiger partial charge in [-0.05, 0) is 106 Å². The maximum atomic E-state index is 17.7. The van der Waals surface area contributed by atoms with E-state index in [4.69, 9.17) is 18.9 Å². The van der Waals surface area contributed by atoms with Gasteiger partial charge in [0.05, 0.1) is 31.1 Å². The zero-order chi connectivity index (χ0) is 45.3. The van der Waals surface area contributed by atoms with Crippen LogP contribution in [0.2, 0.25) is 0 Å². The van der Waals surface area contributed by atoms with Crippen LogP contribution in [0.15, 0.2) is 84.7 Å². The Bertz CT molecular complexity index is 2420. The van der Waals surface area contributed by atoms with Crippen molar-refractivity contribution in [2.75, 3.05) is 20.7 Å². The highest BCUT2D eigenvalue weighted by atomic mass is 19.1. The van der Waals surface area contributed by atoms with Gasteiger partial charge >= 0.3 is 11.9 Å². The van der Waals surface area contributed by atoms with Crippen molar-refractivity contribution in [3.8, 4) is 0 Å². The Kier molecular flexibility index (Phi) is 11.5. The topological polar surface area (TPSA) is 159 Å². The lowest BCUT2D eigenvalue weighted by Crippen LogP contribution is -2.71. The summed E-state index contributed by atoms with van der Waals surface area (Å²) in [6.45, 7) is 5.69. The lowest BCUT2D eigenvalue weighted by atomic mass is 9.44. The monoisotopic (exact) mass is 868 g/mol. The minimum atomic E-state index is -2.36. The van der Waals surface area contributed by atoms with E-state index in [1.807, 2.05) is 55.4 Å². The fraction of sp³-hybridized carbons (Fsp3) is 0.510. The van der Waals surface area contributed by atoms with Gasteiger partial charge < -0.3 is 24.1 Å². The van der Waals surface area contributed by atoms with Gasteiger partial charge in [-0.15, -0.1) is 0 Å². The smallest absolute Gasteiger partial charge is 0.306 e. The van der Waals surface area contributed by atoms with E-state index in [2.05, 4.69) is 4.98 Å². The number of carbonyl (C=O) groups excluding carboxylic acids is 5. The zero-order valence-corrected chi connectivity index (χ0v) is 36.4. The van der Waals surface area contributed by atoms with Gasteiger partial charge in [0.15, 0.2) is 35.2 Å². The van der Waals surface area contributed by atoms with E-state index in [0.29, 0.717) is 5.56 Å².